The van der Waals surface area contributed by atoms with E-state index in [1.165, 1.54) is 12.1 Å². The second-order valence-corrected chi connectivity index (χ2v) is 4.32. The molecule has 0 unspecified atom stereocenters. The first kappa shape index (κ1) is 12.4. The molecule has 1 aromatic rings. The number of hydrogen-bond donors (Lipinski definition) is 1. The molecule has 0 atom stereocenters. The monoisotopic (exact) mass is 226 g/mol. The zero-order valence-corrected chi connectivity index (χ0v) is 9.58. The van der Waals surface area contributed by atoms with Gasteiger partial charge in [-0.15, -0.1) is 0 Å². The van der Waals surface area contributed by atoms with Crippen LogP contribution in [-0.4, -0.2) is 16.7 Å². The normalized spacial score (nSPS) is 11.0. The molecule has 0 bridgehead atoms. The van der Waals surface area contributed by atoms with Gasteiger partial charge in [0, 0.05) is 0 Å². The summed E-state index contributed by atoms with van der Waals surface area (Å²) in [5, 5.41) is 2.53. The summed E-state index contributed by atoms with van der Waals surface area (Å²) in [5.41, 5.74) is 0.0487. The van der Waals surface area contributed by atoms with Gasteiger partial charge in [0.2, 0.25) is 0 Å². The largest absolute Gasteiger partial charge is 0.444 e. The van der Waals surface area contributed by atoms with E-state index >= 15 is 0 Å². The van der Waals surface area contributed by atoms with Gasteiger partial charge in [-0.2, -0.15) is 0 Å². The molecule has 1 heterocycles. The van der Waals surface area contributed by atoms with Crippen molar-refractivity contribution in [3.63, 3.8) is 0 Å². The SMILES string of the molecule is CC(C)(C)OC(=O)NCc1ccc(F)cn1. The maximum Gasteiger partial charge on any atom is 0.407 e. The molecule has 0 radical (unpaired) electrons. The lowest BCUT2D eigenvalue weighted by Gasteiger charge is -2.19. The minimum atomic E-state index is -0.527. The summed E-state index contributed by atoms with van der Waals surface area (Å²) in [6, 6.07) is 2.80. The van der Waals surface area contributed by atoms with Gasteiger partial charge < -0.3 is 10.1 Å². The van der Waals surface area contributed by atoms with Crippen molar-refractivity contribution in [1.29, 1.82) is 0 Å². The van der Waals surface area contributed by atoms with Crippen molar-refractivity contribution in [2.24, 2.45) is 0 Å². The Bertz CT molecular complexity index is 357. The second-order valence-electron chi connectivity index (χ2n) is 4.32. The first-order valence-electron chi connectivity index (χ1n) is 4.94. The second kappa shape index (κ2) is 4.92. The first-order chi connectivity index (χ1) is 7.37. The highest BCUT2D eigenvalue weighted by Crippen LogP contribution is 2.06. The fraction of sp³-hybridized carbons (Fsp3) is 0.455. The fourth-order valence-corrected chi connectivity index (χ4v) is 0.988. The maximum absolute atomic E-state index is 12.5. The maximum atomic E-state index is 12.5. The zero-order chi connectivity index (χ0) is 12.2. The van der Waals surface area contributed by atoms with Crippen LogP contribution in [-0.2, 0) is 11.3 Å². The molecule has 1 aromatic heterocycles. The van der Waals surface area contributed by atoms with Crippen molar-refractivity contribution in [1.82, 2.24) is 10.3 Å². The van der Waals surface area contributed by atoms with Crippen molar-refractivity contribution in [3.8, 4) is 0 Å². The third-order valence-electron chi connectivity index (χ3n) is 1.60. The van der Waals surface area contributed by atoms with Gasteiger partial charge in [0.1, 0.15) is 11.4 Å². The van der Waals surface area contributed by atoms with Crippen molar-refractivity contribution in [2.75, 3.05) is 0 Å². The molecule has 0 saturated heterocycles. The van der Waals surface area contributed by atoms with E-state index in [-0.39, 0.29) is 6.54 Å². The molecular formula is C11H15FN2O2. The predicted molar refractivity (Wildman–Crippen MR) is 57.3 cm³/mol. The lowest BCUT2D eigenvalue weighted by Crippen LogP contribution is -2.32. The Kier molecular flexibility index (Phi) is 3.82. The van der Waals surface area contributed by atoms with E-state index in [9.17, 15) is 9.18 Å². The number of nitrogens with zero attached hydrogens (tertiary/aromatic N) is 1. The van der Waals surface area contributed by atoms with Crippen LogP contribution in [0.25, 0.3) is 0 Å². The molecule has 1 rings (SSSR count). The quantitative estimate of drug-likeness (QED) is 0.841. The molecule has 0 aliphatic rings. The van der Waals surface area contributed by atoms with Gasteiger partial charge in [0.15, 0.2) is 0 Å². The number of pyridine rings is 1. The highest BCUT2D eigenvalue weighted by molar-refractivity contribution is 5.67. The minimum Gasteiger partial charge on any atom is -0.444 e. The van der Waals surface area contributed by atoms with E-state index in [1.807, 2.05) is 0 Å². The number of halogens is 1. The van der Waals surface area contributed by atoms with Gasteiger partial charge in [0.05, 0.1) is 18.4 Å². The lowest BCUT2D eigenvalue weighted by atomic mass is 10.2. The van der Waals surface area contributed by atoms with Crippen LogP contribution >= 0.6 is 0 Å². The van der Waals surface area contributed by atoms with E-state index in [1.54, 1.807) is 20.8 Å². The molecule has 0 spiro atoms. The summed E-state index contributed by atoms with van der Waals surface area (Å²) >= 11 is 0. The van der Waals surface area contributed by atoms with E-state index < -0.39 is 17.5 Å². The number of alkyl carbamates (subject to hydrolysis) is 1. The molecule has 5 heteroatoms. The summed E-state index contributed by atoms with van der Waals surface area (Å²) in [4.78, 5) is 15.1. The average Bonchev–Trinajstić information content (AvgIpc) is 2.14. The molecule has 0 saturated carbocycles. The number of hydrogen-bond acceptors (Lipinski definition) is 3. The Hall–Kier alpha value is -1.65. The van der Waals surface area contributed by atoms with Crippen molar-refractivity contribution in [3.05, 3.63) is 29.8 Å². The van der Waals surface area contributed by atoms with Gasteiger partial charge in [0.25, 0.3) is 0 Å². The van der Waals surface area contributed by atoms with Crippen LogP contribution in [0.4, 0.5) is 9.18 Å². The third-order valence-corrected chi connectivity index (χ3v) is 1.60. The van der Waals surface area contributed by atoms with Gasteiger partial charge in [-0.1, -0.05) is 0 Å². The van der Waals surface area contributed by atoms with Crippen LogP contribution in [0.1, 0.15) is 26.5 Å². The predicted octanol–water partition coefficient (Wildman–Crippen LogP) is 2.25. The van der Waals surface area contributed by atoms with E-state index in [0.29, 0.717) is 5.69 Å². The number of nitrogens with one attached hydrogen (secondary N) is 1. The van der Waals surface area contributed by atoms with Crippen molar-refractivity contribution in [2.45, 2.75) is 32.9 Å². The summed E-state index contributed by atoms with van der Waals surface area (Å²) < 4.78 is 17.6. The smallest absolute Gasteiger partial charge is 0.407 e. The Morgan fingerprint density at radius 1 is 1.50 bits per heavy atom. The molecule has 16 heavy (non-hydrogen) atoms. The molecule has 0 aromatic carbocycles. The number of ether oxygens (including phenoxy) is 1. The summed E-state index contributed by atoms with van der Waals surface area (Å²) in [6.45, 7) is 5.56. The van der Waals surface area contributed by atoms with Gasteiger partial charge in [-0.3, -0.25) is 4.98 Å². The average molecular weight is 226 g/mol. The molecular weight excluding hydrogens is 211 g/mol. The molecule has 0 fully saturated rings. The highest BCUT2D eigenvalue weighted by Gasteiger charge is 2.15. The zero-order valence-electron chi connectivity index (χ0n) is 9.58. The van der Waals surface area contributed by atoms with Crippen LogP contribution in [0.2, 0.25) is 0 Å². The molecule has 88 valence electrons. The highest BCUT2D eigenvalue weighted by atomic mass is 19.1. The number of carbonyl (C=O) groups is 1. The molecule has 1 amide bonds. The number of carbonyl (C=O) groups excluding carboxylic acids is 1. The van der Waals surface area contributed by atoms with Crippen LogP contribution in [0.15, 0.2) is 18.3 Å². The standard InChI is InChI=1S/C11H15FN2O2/c1-11(2,3)16-10(15)14-7-9-5-4-8(12)6-13-9/h4-6H,7H2,1-3H3,(H,14,15). The summed E-state index contributed by atoms with van der Waals surface area (Å²) in [7, 11) is 0. The molecule has 0 aliphatic carbocycles. The van der Waals surface area contributed by atoms with Gasteiger partial charge >= 0.3 is 6.09 Å². The van der Waals surface area contributed by atoms with Crippen molar-refractivity contribution < 1.29 is 13.9 Å². The number of aromatic nitrogens is 1. The van der Waals surface area contributed by atoms with Crippen LogP contribution in [0, 0.1) is 5.82 Å². The van der Waals surface area contributed by atoms with Gasteiger partial charge in [-0.25, -0.2) is 9.18 Å². The first-order valence-corrected chi connectivity index (χ1v) is 4.94. The Morgan fingerprint density at radius 3 is 2.69 bits per heavy atom. The van der Waals surface area contributed by atoms with Crippen molar-refractivity contribution >= 4 is 6.09 Å². The molecule has 0 aliphatic heterocycles. The topological polar surface area (TPSA) is 51.2 Å². The van der Waals surface area contributed by atoms with Crippen LogP contribution in [0.3, 0.4) is 0 Å². The third kappa shape index (κ3) is 4.72. The van der Waals surface area contributed by atoms with E-state index in [0.717, 1.165) is 6.20 Å². The Labute approximate surface area is 93.8 Å². The molecule has 1 N–H and O–H groups in total. The Balaban J connectivity index is 2.40. The summed E-state index contributed by atoms with van der Waals surface area (Å²) in [6.07, 6.45) is 0.588. The van der Waals surface area contributed by atoms with Crippen LogP contribution in [0.5, 0.6) is 0 Å². The lowest BCUT2D eigenvalue weighted by molar-refractivity contribution is 0.0523. The minimum absolute atomic E-state index is 0.217. The Morgan fingerprint density at radius 2 is 2.19 bits per heavy atom. The van der Waals surface area contributed by atoms with E-state index in [4.69, 9.17) is 4.74 Å². The summed E-state index contributed by atoms with van der Waals surface area (Å²) in [5.74, 6) is -0.402. The van der Waals surface area contributed by atoms with E-state index in [2.05, 4.69) is 10.3 Å². The molecule has 4 nitrogen and oxygen atoms in total. The van der Waals surface area contributed by atoms with Gasteiger partial charge in [-0.05, 0) is 32.9 Å². The fourth-order valence-electron chi connectivity index (χ4n) is 0.988. The van der Waals surface area contributed by atoms with Crippen LogP contribution < -0.4 is 5.32 Å². The number of rotatable bonds is 2. The number of amides is 1.